The van der Waals surface area contributed by atoms with Crippen LogP contribution in [-0.2, 0) is 4.79 Å². The van der Waals surface area contributed by atoms with Gasteiger partial charge in [0.15, 0.2) is 0 Å². The van der Waals surface area contributed by atoms with Gasteiger partial charge in [-0.05, 0) is 42.5 Å². The summed E-state index contributed by atoms with van der Waals surface area (Å²) in [6.45, 7) is 0. The highest BCUT2D eigenvalue weighted by Crippen LogP contribution is 2.13. The van der Waals surface area contributed by atoms with Crippen molar-refractivity contribution in [1.29, 1.82) is 0 Å². The molecule has 0 aliphatic carbocycles. The van der Waals surface area contributed by atoms with Gasteiger partial charge in [0.1, 0.15) is 0 Å². The maximum atomic E-state index is 12.1. The summed E-state index contributed by atoms with van der Waals surface area (Å²) in [6, 6.07) is 10.4. The number of rotatable bonds is 3. The number of anilines is 1. The number of aromatic nitrogens is 3. The number of H-pyrrole nitrogens is 3. The molecule has 0 fully saturated rings. The number of aromatic amines is 3. The summed E-state index contributed by atoms with van der Waals surface area (Å²) in [5, 5.41) is 9.23. The molecule has 116 valence electrons. The first-order chi connectivity index (χ1) is 11.1. The van der Waals surface area contributed by atoms with Gasteiger partial charge in [0.05, 0.1) is 10.6 Å². The molecule has 0 saturated heterocycles. The Hall–Kier alpha value is -2.99. The number of amides is 1. The number of halogens is 1. The van der Waals surface area contributed by atoms with E-state index >= 15 is 0 Å². The summed E-state index contributed by atoms with van der Waals surface area (Å²) in [4.78, 5) is 26.9. The van der Waals surface area contributed by atoms with Crippen LogP contribution in [0.25, 0.3) is 12.2 Å². The Balaban J connectivity index is 1.92. The molecule has 0 atom stereocenters. The lowest BCUT2D eigenvalue weighted by Crippen LogP contribution is -2.34. The summed E-state index contributed by atoms with van der Waals surface area (Å²) < 4.78 is 0. The highest BCUT2D eigenvalue weighted by molar-refractivity contribution is 6.30. The minimum atomic E-state index is -0.358. The molecular weight excluding hydrogens is 316 g/mol. The predicted molar refractivity (Wildman–Crippen MR) is 89.6 cm³/mol. The second-order valence-corrected chi connectivity index (χ2v) is 5.25. The topological polar surface area (TPSA) is 93.5 Å². The monoisotopic (exact) mass is 328 g/mol. The van der Waals surface area contributed by atoms with E-state index in [1.54, 1.807) is 36.5 Å². The molecule has 2 aromatic heterocycles. The fourth-order valence-electron chi connectivity index (χ4n) is 2.07. The van der Waals surface area contributed by atoms with Crippen molar-refractivity contribution in [2.24, 2.45) is 0 Å². The molecule has 23 heavy (non-hydrogen) atoms. The molecule has 0 spiro atoms. The standard InChI is InChI=1S/C16H13ClN4O2/c17-10-3-5-11(6-4-10)19-15(22)9-14-13(16(23)21-20-14)8-12-2-1-7-18-12/h1-9,18,20H,(H,19,22)(H,21,23). The minimum absolute atomic E-state index is 0.301. The van der Waals surface area contributed by atoms with Crippen LogP contribution in [0.3, 0.4) is 0 Å². The third-order valence-electron chi connectivity index (χ3n) is 3.15. The fraction of sp³-hybridized carbons (Fsp3) is 0. The normalized spacial score (nSPS) is 12.6. The summed E-state index contributed by atoms with van der Waals surface area (Å²) in [5.74, 6) is -0.358. The minimum Gasteiger partial charge on any atom is -0.362 e. The fourth-order valence-corrected chi connectivity index (χ4v) is 2.20. The third-order valence-corrected chi connectivity index (χ3v) is 3.41. The molecule has 0 radical (unpaired) electrons. The number of hydrogen-bond acceptors (Lipinski definition) is 2. The lowest BCUT2D eigenvalue weighted by Gasteiger charge is -2.00. The van der Waals surface area contributed by atoms with Crippen molar-refractivity contribution in [1.82, 2.24) is 15.2 Å². The zero-order chi connectivity index (χ0) is 16.2. The van der Waals surface area contributed by atoms with E-state index in [9.17, 15) is 9.59 Å². The number of hydrogen-bond donors (Lipinski definition) is 4. The molecule has 6 nitrogen and oxygen atoms in total. The van der Waals surface area contributed by atoms with Crippen LogP contribution in [0.4, 0.5) is 5.69 Å². The largest absolute Gasteiger partial charge is 0.362 e. The second kappa shape index (κ2) is 6.41. The predicted octanol–water partition coefficient (Wildman–Crippen LogP) is 0.933. The van der Waals surface area contributed by atoms with Crippen molar-refractivity contribution in [3.8, 4) is 0 Å². The van der Waals surface area contributed by atoms with Crippen LogP contribution in [0.15, 0.2) is 47.4 Å². The van der Waals surface area contributed by atoms with E-state index < -0.39 is 0 Å². The number of carbonyl (C=O) groups is 1. The van der Waals surface area contributed by atoms with Gasteiger partial charge in [-0.2, -0.15) is 0 Å². The molecule has 0 aliphatic rings. The molecule has 3 aromatic rings. The van der Waals surface area contributed by atoms with Gasteiger partial charge < -0.3 is 10.3 Å². The molecule has 2 heterocycles. The molecule has 0 unspecified atom stereocenters. The third kappa shape index (κ3) is 3.61. The van der Waals surface area contributed by atoms with Crippen molar-refractivity contribution >= 4 is 35.3 Å². The first-order valence-corrected chi connectivity index (χ1v) is 7.20. The summed E-state index contributed by atoms with van der Waals surface area (Å²) in [5.41, 5.74) is 1.08. The molecule has 0 aliphatic heterocycles. The van der Waals surface area contributed by atoms with Crippen LogP contribution in [-0.4, -0.2) is 21.1 Å². The molecule has 7 heteroatoms. The van der Waals surface area contributed by atoms with Crippen LogP contribution in [0.1, 0.15) is 5.69 Å². The summed E-state index contributed by atoms with van der Waals surface area (Å²) in [6.07, 6.45) is 4.74. The second-order valence-electron chi connectivity index (χ2n) is 4.82. The van der Waals surface area contributed by atoms with Crippen LogP contribution in [0.5, 0.6) is 0 Å². The van der Waals surface area contributed by atoms with E-state index in [2.05, 4.69) is 20.5 Å². The Morgan fingerprint density at radius 1 is 1.13 bits per heavy atom. The van der Waals surface area contributed by atoms with Crippen molar-refractivity contribution in [3.05, 3.63) is 74.2 Å². The Bertz CT molecular complexity index is 982. The van der Waals surface area contributed by atoms with E-state index in [0.29, 0.717) is 21.3 Å². The van der Waals surface area contributed by atoms with Gasteiger partial charge >= 0.3 is 0 Å². The number of carbonyl (C=O) groups excluding carboxylic acids is 1. The molecule has 0 saturated carbocycles. The van der Waals surface area contributed by atoms with E-state index in [4.69, 9.17) is 11.6 Å². The first kappa shape index (κ1) is 14.9. The SMILES string of the molecule is O=C(C=c1[nH][nH]c(=O)c1=Cc1ccc[nH]1)Nc1ccc(Cl)cc1. The highest BCUT2D eigenvalue weighted by atomic mass is 35.5. The van der Waals surface area contributed by atoms with Gasteiger partial charge in [-0.1, -0.05) is 11.6 Å². The maximum Gasteiger partial charge on any atom is 0.271 e. The van der Waals surface area contributed by atoms with E-state index in [0.717, 1.165) is 5.69 Å². The molecule has 1 aromatic carbocycles. The van der Waals surface area contributed by atoms with Crippen LogP contribution in [0, 0.1) is 0 Å². The smallest absolute Gasteiger partial charge is 0.271 e. The summed E-state index contributed by atoms with van der Waals surface area (Å²) in [7, 11) is 0. The van der Waals surface area contributed by atoms with Gasteiger partial charge in [-0.25, -0.2) is 0 Å². The highest BCUT2D eigenvalue weighted by Gasteiger charge is 2.01. The zero-order valence-electron chi connectivity index (χ0n) is 11.9. The van der Waals surface area contributed by atoms with Crippen molar-refractivity contribution in [2.45, 2.75) is 0 Å². The Morgan fingerprint density at radius 2 is 1.91 bits per heavy atom. The van der Waals surface area contributed by atoms with Crippen molar-refractivity contribution < 1.29 is 4.79 Å². The van der Waals surface area contributed by atoms with Crippen LogP contribution < -0.4 is 21.4 Å². The lowest BCUT2D eigenvalue weighted by atomic mass is 10.3. The van der Waals surface area contributed by atoms with E-state index in [-0.39, 0.29) is 11.5 Å². The average Bonchev–Trinajstić information content (AvgIpc) is 3.15. The lowest BCUT2D eigenvalue weighted by molar-refractivity contribution is -0.110. The van der Waals surface area contributed by atoms with Crippen molar-refractivity contribution in [3.63, 3.8) is 0 Å². The average molecular weight is 329 g/mol. The maximum absolute atomic E-state index is 12.1. The number of nitrogens with one attached hydrogen (secondary N) is 4. The van der Waals surface area contributed by atoms with E-state index in [1.165, 1.54) is 6.08 Å². The van der Waals surface area contributed by atoms with Crippen molar-refractivity contribution in [2.75, 3.05) is 5.32 Å². The molecular formula is C16H13ClN4O2. The molecule has 4 N–H and O–H groups in total. The summed E-state index contributed by atoms with van der Waals surface area (Å²) >= 11 is 5.80. The molecule has 1 amide bonds. The molecule has 3 rings (SSSR count). The number of benzene rings is 1. The quantitative estimate of drug-likeness (QED) is 0.576. The Labute approximate surface area is 135 Å². The molecule has 0 bridgehead atoms. The van der Waals surface area contributed by atoms with Gasteiger partial charge in [0.2, 0.25) is 0 Å². The van der Waals surface area contributed by atoms with E-state index in [1.807, 2.05) is 12.1 Å². The Kier molecular flexibility index (Phi) is 4.16. The zero-order valence-corrected chi connectivity index (χ0v) is 12.6. The Morgan fingerprint density at radius 3 is 2.61 bits per heavy atom. The van der Waals surface area contributed by atoms with Gasteiger partial charge in [0, 0.05) is 28.7 Å². The van der Waals surface area contributed by atoms with Crippen LogP contribution >= 0.6 is 11.6 Å². The first-order valence-electron chi connectivity index (χ1n) is 6.82. The van der Waals surface area contributed by atoms with Gasteiger partial charge in [0.25, 0.3) is 11.5 Å². The van der Waals surface area contributed by atoms with Gasteiger partial charge in [-0.15, -0.1) is 0 Å². The van der Waals surface area contributed by atoms with Crippen LogP contribution in [0.2, 0.25) is 5.02 Å². The van der Waals surface area contributed by atoms with Gasteiger partial charge in [-0.3, -0.25) is 19.8 Å².